The quantitative estimate of drug-likeness (QED) is 0.818. The van der Waals surface area contributed by atoms with E-state index in [1.165, 1.54) is 0 Å². The number of nitrogens with zero attached hydrogens (tertiary/aromatic N) is 1. The Morgan fingerprint density at radius 2 is 1.87 bits per heavy atom. The van der Waals surface area contributed by atoms with Gasteiger partial charge >= 0.3 is 6.18 Å². The minimum atomic E-state index is -4.22. The number of methoxy groups -OCH3 is 2. The van der Waals surface area contributed by atoms with Gasteiger partial charge in [0, 0.05) is 24.9 Å². The van der Waals surface area contributed by atoms with Crippen LogP contribution in [0.1, 0.15) is 19.8 Å². The second-order valence-electron chi connectivity index (χ2n) is 6.58. The molecule has 1 saturated carbocycles. The Morgan fingerprint density at radius 1 is 1.22 bits per heavy atom. The van der Waals surface area contributed by atoms with Crippen LogP contribution in [0.15, 0.2) is 24.3 Å². The summed E-state index contributed by atoms with van der Waals surface area (Å²) in [7, 11) is 3.17. The first-order valence-electron chi connectivity index (χ1n) is 7.83. The van der Waals surface area contributed by atoms with Crippen molar-refractivity contribution < 1.29 is 22.6 Å². The van der Waals surface area contributed by atoms with Crippen LogP contribution in [0.25, 0.3) is 0 Å². The summed E-state index contributed by atoms with van der Waals surface area (Å²) < 4.78 is 50.7. The van der Waals surface area contributed by atoms with Crippen molar-refractivity contribution >= 4 is 5.69 Å². The van der Waals surface area contributed by atoms with E-state index in [1.807, 2.05) is 6.92 Å². The molecule has 4 atom stereocenters. The number of fused-ring (bicyclic) bond motifs is 1. The maximum Gasteiger partial charge on any atom is 0.408 e. The first-order chi connectivity index (χ1) is 10.8. The molecule has 2 fully saturated rings. The number of rotatable bonds is 5. The molecule has 1 aliphatic heterocycles. The topological polar surface area (TPSA) is 21.7 Å². The van der Waals surface area contributed by atoms with Crippen molar-refractivity contribution in [3.05, 3.63) is 24.3 Å². The highest BCUT2D eigenvalue weighted by molar-refractivity contribution is 5.58. The Bertz CT molecular complexity index is 560. The molecule has 0 radical (unpaired) electrons. The van der Waals surface area contributed by atoms with Crippen LogP contribution >= 0.6 is 0 Å². The standard InChI is InChI=1S/C17H22F3NO2/c1-16-13(8-9-22-2)14(16)10-15(17(18,19)20)21(16)11-4-6-12(23-3)7-5-11/h4-7,13-15H,8-10H2,1-3H3/t13-,14+,15+,16-/m1/s1. The van der Waals surface area contributed by atoms with Crippen molar-refractivity contribution in [1.29, 1.82) is 0 Å². The van der Waals surface area contributed by atoms with Crippen LogP contribution in [0.2, 0.25) is 0 Å². The summed E-state index contributed by atoms with van der Waals surface area (Å²) in [5.41, 5.74) is 0.172. The minimum absolute atomic E-state index is 0.0753. The average molecular weight is 329 g/mol. The van der Waals surface area contributed by atoms with E-state index < -0.39 is 17.8 Å². The molecular weight excluding hydrogens is 307 g/mol. The lowest BCUT2D eigenvalue weighted by atomic mass is 10.0. The molecule has 1 aromatic carbocycles. The molecule has 0 aromatic heterocycles. The zero-order valence-corrected chi connectivity index (χ0v) is 13.6. The minimum Gasteiger partial charge on any atom is -0.497 e. The van der Waals surface area contributed by atoms with E-state index in [0.717, 1.165) is 6.42 Å². The molecule has 0 spiro atoms. The highest BCUT2D eigenvalue weighted by atomic mass is 19.4. The van der Waals surface area contributed by atoms with Crippen LogP contribution in [0.5, 0.6) is 5.75 Å². The molecule has 0 amide bonds. The summed E-state index contributed by atoms with van der Waals surface area (Å²) in [6.07, 6.45) is -3.25. The number of piperidine rings is 1. The molecule has 1 aliphatic carbocycles. The number of anilines is 1. The molecule has 0 N–H and O–H groups in total. The second kappa shape index (κ2) is 5.58. The van der Waals surface area contributed by atoms with Gasteiger partial charge in [-0.15, -0.1) is 0 Å². The van der Waals surface area contributed by atoms with Crippen LogP contribution in [0.3, 0.4) is 0 Å². The second-order valence-corrected chi connectivity index (χ2v) is 6.58. The van der Waals surface area contributed by atoms with Gasteiger partial charge < -0.3 is 14.4 Å². The van der Waals surface area contributed by atoms with Crippen LogP contribution in [-0.4, -0.2) is 38.6 Å². The van der Waals surface area contributed by atoms with E-state index in [0.29, 0.717) is 18.0 Å². The maximum absolute atomic E-state index is 13.5. The molecule has 0 bridgehead atoms. The van der Waals surface area contributed by atoms with E-state index in [2.05, 4.69) is 0 Å². The molecular formula is C17H22F3NO2. The fourth-order valence-corrected chi connectivity index (χ4v) is 4.34. The van der Waals surface area contributed by atoms with Crippen LogP contribution in [0.4, 0.5) is 18.9 Å². The Balaban J connectivity index is 1.90. The summed E-state index contributed by atoms with van der Waals surface area (Å²) >= 11 is 0. The highest BCUT2D eigenvalue weighted by Crippen LogP contribution is 2.66. The zero-order chi connectivity index (χ0) is 16.8. The molecule has 1 heterocycles. The summed E-state index contributed by atoms with van der Waals surface area (Å²) in [4.78, 5) is 1.58. The third-order valence-corrected chi connectivity index (χ3v) is 5.55. The smallest absolute Gasteiger partial charge is 0.408 e. The van der Waals surface area contributed by atoms with Crippen molar-refractivity contribution in [3.8, 4) is 5.75 Å². The number of ether oxygens (including phenoxy) is 2. The lowest BCUT2D eigenvalue weighted by molar-refractivity contribution is -0.149. The monoisotopic (exact) mass is 329 g/mol. The third-order valence-electron chi connectivity index (χ3n) is 5.55. The van der Waals surface area contributed by atoms with Crippen LogP contribution in [-0.2, 0) is 4.74 Å². The predicted molar refractivity (Wildman–Crippen MR) is 81.8 cm³/mol. The van der Waals surface area contributed by atoms with Gasteiger partial charge in [-0.3, -0.25) is 0 Å². The van der Waals surface area contributed by atoms with Crippen molar-refractivity contribution in [2.45, 2.75) is 37.5 Å². The molecule has 1 aromatic rings. The van der Waals surface area contributed by atoms with Gasteiger partial charge in [-0.1, -0.05) is 0 Å². The summed E-state index contributed by atoms with van der Waals surface area (Å²) in [5.74, 6) is 0.972. The van der Waals surface area contributed by atoms with Gasteiger partial charge in [0.2, 0.25) is 0 Å². The lowest BCUT2D eigenvalue weighted by Gasteiger charge is -2.37. The molecule has 2 aliphatic rings. The number of hydrogen-bond donors (Lipinski definition) is 0. The van der Waals surface area contributed by atoms with Gasteiger partial charge in [0.25, 0.3) is 0 Å². The maximum atomic E-state index is 13.5. The van der Waals surface area contributed by atoms with E-state index in [4.69, 9.17) is 9.47 Å². The van der Waals surface area contributed by atoms with E-state index in [9.17, 15) is 13.2 Å². The predicted octanol–water partition coefficient (Wildman–Crippen LogP) is 3.88. The first kappa shape index (κ1) is 16.4. The highest BCUT2D eigenvalue weighted by Gasteiger charge is 2.73. The number of alkyl halides is 3. The molecule has 3 rings (SSSR count). The summed E-state index contributed by atoms with van der Waals surface area (Å²) in [6.45, 7) is 2.54. The Hall–Kier alpha value is -1.43. The third kappa shape index (κ3) is 2.57. The van der Waals surface area contributed by atoms with Gasteiger partial charge in [0.05, 0.1) is 7.11 Å². The molecule has 23 heavy (non-hydrogen) atoms. The van der Waals surface area contributed by atoms with Crippen molar-refractivity contribution in [2.75, 3.05) is 25.7 Å². The van der Waals surface area contributed by atoms with Gasteiger partial charge in [-0.2, -0.15) is 13.2 Å². The van der Waals surface area contributed by atoms with Crippen molar-refractivity contribution in [2.24, 2.45) is 11.8 Å². The zero-order valence-electron chi connectivity index (χ0n) is 13.6. The van der Waals surface area contributed by atoms with E-state index in [1.54, 1.807) is 43.4 Å². The molecule has 1 saturated heterocycles. The number of halogens is 3. The summed E-state index contributed by atoms with van der Waals surface area (Å²) in [6, 6.07) is 5.45. The molecule has 6 heteroatoms. The van der Waals surface area contributed by atoms with Gasteiger partial charge in [-0.05, 0) is 55.9 Å². The first-order valence-corrected chi connectivity index (χ1v) is 7.83. The van der Waals surface area contributed by atoms with Gasteiger partial charge in [0.15, 0.2) is 0 Å². The van der Waals surface area contributed by atoms with Gasteiger partial charge in [-0.25, -0.2) is 0 Å². The Morgan fingerprint density at radius 3 is 2.39 bits per heavy atom. The molecule has 128 valence electrons. The van der Waals surface area contributed by atoms with E-state index in [-0.39, 0.29) is 18.3 Å². The van der Waals surface area contributed by atoms with Gasteiger partial charge in [0.1, 0.15) is 11.8 Å². The van der Waals surface area contributed by atoms with Crippen LogP contribution in [0, 0.1) is 11.8 Å². The Kier molecular flexibility index (Phi) is 3.99. The fourth-order valence-electron chi connectivity index (χ4n) is 4.34. The SMILES string of the molecule is COCC[C@@H]1[C@@H]2C[C@@H](C(F)(F)F)N(c3ccc(OC)cc3)[C@]12C. The van der Waals surface area contributed by atoms with Crippen molar-refractivity contribution in [3.63, 3.8) is 0 Å². The summed E-state index contributed by atoms with van der Waals surface area (Å²) in [5, 5.41) is 0. The fraction of sp³-hybridized carbons (Fsp3) is 0.647. The average Bonchev–Trinajstić information content (AvgIpc) is 2.92. The molecule has 0 unspecified atom stereocenters. The Labute approximate surface area is 134 Å². The normalized spacial score (nSPS) is 32.8. The lowest BCUT2D eigenvalue weighted by Crippen LogP contribution is -2.49. The van der Waals surface area contributed by atoms with Crippen LogP contribution < -0.4 is 9.64 Å². The number of hydrogen-bond acceptors (Lipinski definition) is 3. The largest absolute Gasteiger partial charge is 0.497 e. The molecule has 3 nitrogen and oxygen atoms in total. The number of benzene rings is 1. The van der Waals surface area contributed by atoms with E-state index >= 15 is 0 Å². The van der Waals surface area contributed by atoms with Crippen molar-refractivity contribution in [1.82, 2.24) is 0 Å².